The summed E-state index contributed by atoms with van der Waals surface area (Å²) in [6, 6.07) is 0.423. The molecule has 1 saturated heterocycles. The molecule has 3 rings (SSSR count). The summed E-state index contributed by atoms with van der Waals surface area (Å²) in [5.74, 6) is 0.461. The molecule has 1 amide bonds. The lowest BCUT2D eigenvalue weighted by molar-refractivity contribution is -0.118. The van der Waals surface area contributed by atoms with Gasteiger partial charge in [0, 0.05) is 6.04 Å². The first kappa shape index (κ1) is 11.1. The number of fused-ring (bicyclic) bond motifs is 1. The molecule has 1 unspecified atom stereocenters. The molecule has 1 saturated carbocycles. The van der Waals surface area contributed by atoms with Gasteiger partial charge in [0.05, 0.1) is 18.4 Å². The molecule has 0 bridgehead atoms. The van der Waals surface area contributed by atoms with Crippen LogP contribution in [0, 0.1) is 5.41 Å². The number of amides is 1. The average Bonchev–Trinajstić information content (AvgIpc) is 2.77. The summed E-state index contributed by atoms with van der Waals surface area (Å²) in [7, 11) is 0. The van der Waals surface area contributed by atoms with Gasteiger partial charge in [0.15, 0.2) is 5.82 Å². The van der Waals surface area contributed by atoms with Crippen LogP contribution in [-0.2, 0) is 4.79 Å². The fourth-order valence-corrected chi connectivity index (χ4v) is 2.75. The lowest BCUT2D eigenvalue weighted by atomic mass is 10.0. The van der Waals surface area contributed by atoms with Crippen LogP contribution in [0.2, 0.25) is 0 Å². The fraction of sp³-hybridized carbons (Fsp3) is 0.545. The van der Waals surface area contributed by atoms with Crippen molar-refractivity contribution in [2.75, 3.05) is 5.32 Å². The van der Waals surface area contributed by atoms with Crippen LogP contribution >= 0.6 is 15.9 Å². The van der Waals surface area contributed by atoms with E-state index in [1.165, 1.54) is 6.42 Å². The molecule has 90 valence electrons. The zero-order chi connectivity index (χ0) is 12.0. The number of carbonyl (C=O) groups is 1. The molecule has 0 aromatic carbocycles. The van der Waals surface area contributed by atoms with Gasteiger partial charge in [-0.3, -0.25) is 9.78 Å². The van der Waals surface area contributed by atoms with Gasteiger partial charge in [-0.25, -0.2) is 4.98 Å². The average molecular weight is 297 g/mol. The molecule has 6 heteroatoms. The Labute approximate surface area is 108 Å². The summed E-state index contributed by atoms with van der Waals surface area (Å²) in [4.78, 5) is 20.1. The number of hydrogen-bond acceptors (Lipinski definition) is 4. The Balaban J connectivity index is 1.64. The first-order valence-electron chi connectivity index (χ1n) is 5.61. The highest BCUT2D eigenvalue weighted by Gasteiger charge is 2.58. The van der Waals surface area contributed by atoms with Gasteiger partial charge in [-0.15, -0.1) is 0 Å². The zero-order valence-corrected chi connectivity index (χ0v) is 11.0. The van der Waals surface area contributed by atoms with Gasteiger partial charge < -0.3 is 10.6 Å². The third kappa shape index (κ3) is 2.07. The van der Waals surface area contributed by atoms with Crippen LogP contribution in [0.15, 0.2) is 17.0 Å². The SMILES string of the molecule is C[C@]12CC1N[C@H](C(=O)Nc1cncc(Br)n1)C2. The topological polar surface area (TPSA) is 66.9 Å². The number of halogens is 1. The molecular weight excluding hydrogens is 284 g/mol. The molecule has 2 aliphatic rings. The molecule has 0 radical (unpaired) electrons. The molecular formula is C11H13BrN4O. The number of rotatable bonds is 2. The van der Waals surface area contributed by atoms with Crippen LogP contribution in [0.3, 0.4) is 0 Å². The number of anilines is 1. The van der Waals surface area contributed by atoms with E-state index in [9.17, 15) is 4.79 Å². The second kappa shape index (κ2) is 3.74. The van der Waals surface area contributed by atoms with Crippen LogP contribution in [0.4, 0.5) is 5.82 Å². The van der Waals surface area contributed by atoms with E-state index >= 15 is 0 Å². The number of hydrogen-bond donors (Lipinski definition) is 2. The first-order chi connectivity index (χ1) is 8.07. The largest absolute Gasteiger partial charge is 0.308 e. The van der Waals surface area contributed by atoms with E-state index in [2.05, 4.69) is 43.5 Å². The van der Waals surface area contributed by atoms with Crippen LogP contribution in [0.5, 0.6) is 0 Å². The number of piperidine rings is 1. The normalized spacial score (nSPS) is 34.2. The minimum Gasteiger partial charge on any atom is -0.308 e. The first-order valence-corrected chi connectivity index (χ1v) is 6.41. The molecule has 1 aliphatic carbocycles. The zero-order valence-electron chi connectivity index (χ0n) is 9.40. The standard InChI is InChI=1S/C11H13BrN4O/c1-11-2-6(14-7(11)3-11)10(17)16-9-5-13-4-8(12)15-9/h4-7,14H,2-3H2,1H3,(H,15,16,17)/t6-,7?,11-/m0/s1. The van der Waals surface area contributed by atoms with E-state index in [4.69, 9.17) is 0 Å². The number of nitrogens with zero attached hydrogens (tertiary/aromatic N) is 2. The van der Waals surface area contributed by atoms with E-state index in [1.807, 2.05) is 0 Å². The highest BCUT2D eigenvalue weighted by molar-refractivity contribution is 9.10. The Hall–Kier alpha value is -1.01. The Morgan fingerprint density at radius 3 is 3.06 bits per heavy atom. The minimum atomic E-state index is -0.0977. The Bertz CT molecular complexity index is 480. The van der Waals surface area contributed by atoms with Gasteiger partial charge in [-0.05, 0) is 34.2 Å². The molecule has 2 fully saturated rings. The van der Waals surface area contributed by atoms with Crippen molar-refractivity contribution in [3.8, 4) is 0 Å². The van der Waals surface area contributed by atoms with Gasteiger partial charge >= 0.3 is 0 Å². The van der Waals surface area contributed by atoms with E-state index in [0.717, 1.165) is 6.42 Å². The van der Waals surface area contributed by atoms with Crippen molar-refractivity contribution in [2.45, 2.75) is 31.8 Å². The van der Waals surface area contributed by atoms with Gasteiger partial charge in [0.2, 0.25) is 5.91 Å². The highest BCUT2D eigenvalue weighted by Crippen LogP contribution is 2.53. The Kier molecular flexibility index (Phi) is 2.45. The third-order valence-corrected chi connectivity index (χ3v) is 3.98. The van der Waals surface area contributed by atoms with Crippen LogP contribution in [0.1, 0.15) is 19.8 Å². The van der Waals surface area contributed by atoms with Crippen LogP contribution in [0.25, 0.3) is 0 Å². The van der Waals surface area contributed by atoms with Crippen molar-refractivity contribution in [3.63, 3.8) is 0 Å². The van der Waals surface area contributed by atoms with Gasteiger partial charge in [0.1, 0.15) is 4.60 Å². The number of nitrogens with one attached hydrogen (secondary N) is 2. The predicted molar refractivity (Wildman–Crippen MR) is 66.4 cm³/mol. The maximum atomic E-state index is 12.0. The van der Waals surface area contributed by atoms with E-state index < -0.39 is 0 Å². The molecule has 1 aromatic heterocycles. The minimum absolute atomic E-state index is 0.0224. The molecule has 0 spiro atoms. The number of carbonyl (C=O) groups excluding carboxylic acids is 1. The van der Waals surface area contributed by atoms with Gasteiger partial charge in [-0.2, -0.15) is 0 Å². The summed E-state index contributed by atoms with van der Waals surface area (Å²) < 4.78 is 0.615. The molecule has 17 heavy (non-hydrogen) atoms. The second-order valence-electron chi connectivity index (χ2n) is 5.05. The predicted octanol–water partition coefficient (Wildman–Crippen LogP) is 1.32. The summed E-state index contributed by atoms with van der Waals surface area (Å²) in [6.07, 6.45) is 5.22. The smallest absolute Gasteiger partial charge is 0.242 e. The van der Waals surface area contributed by atoms with Crippen LogP contribution in [-0.4, -0.2) is 28.0 Å². The van der Waals surface area contributed by atoms with Crippen molar-refractivity contribution in [3.05, 3.63) is 17.0 Å². The lowest BCUT2D eigenvalue weighted by Crippen LogP contribution is -2.38. The third-order valence-electron chi connectivity index (χ3n) is 3.60. The number of aromatic nitrogens is 2. The lowest BCUT2D eigenvalue weighted by Gasteiger charge is -2.13. The van der Waals surface area contributed by atoms with Crippen molar-refractivity contribution in [1.82, 2.24) is 15.3 Å². The summed E-state index contributed by atoms with van der Waals surface area (Å²) in [5.41, 5.74) is 0.338. The van der Waals surface area contributed by atoms with Crippen molar-refractivity contribution in [1.29, 1.82) is 0 Å². The quantitative estimate of drug-likeness (QED) is 0.864. The van der Waals surface area contributed by atoms with E-state index in [-0.39, 0.29) is 11.9 Å². The molecule has 5 nitrogen and oxygen atoms in total. The Morgan fingerprint density at radius 1 is 1.59 bits per heavy atom. The maximum Gasteiger partial charge on any atom is 0.242 e. The molecule has 1 aromatic rings. The summed E-state index contributed by atoms with van der Waals surface area (Å²) in [6.45, 7) is 2.22. The van der Waals surface area contributed by atoms with Gasteiger partial charge in [0.25, 0.3) is 0 Å². The van der Waals surface area contributed by atoms with Crippen molar-refractivity contribution < 1.29 is 4.79 Å². The van der Waals surface area contributed by atoms with E-state index in [0.29, 0.717) is 21.9 Å². The van der Waals surface area contributed by atoms with E-state index in [1.54, 1.807) is 12.4 Å². The highest BCUT2D eigenvalue weighted by atomic mass is 79.9. The maximum absolute atomic E-state index is 12.0. The molecule has 1 aliphatic heterocycles. The Morgan fingerprint density at radius 2 is 2.41 bits per heavy atom. The summed E-state index contributed by atoms with van der Waals surface area (Å²) in [5, 5.41) is 6.11. The van der Waals surface area contributed by atoms with Crippen LogP contribution < -0.4 is 10.6 Å². The summed E-state index contributed by atoms with van der Waals surface area (Å²) >= 11 is 3.22. The van der Waals surface area contributed by atoms with Crippen molar-refractivity contribution in [2.24, 2.45) is 5.41 Å². The molecule has 2 heterocycles. The van der Waals surface area contributed by atoms with Gasteiger partial charge in [-0.1, -0.05) is 6.92 Å². The molecule has 3 atom stereocenters. The molecule has 2 N–H and O–H groups in total. The second-order valence-corrected chi connectivity index (χ2v) is 5.86. The monoisotopic (exact) mass is 296 g/mol. The fourth-order valence-electron chi connectivity index (χ4n) is 2.45. The van der Waals surface area contributed by atoms with Crippen molar-refractivity contribution >= 4 is 27.7 Å².